The second-order valence-corrected chi connectivity index (χ2v) is 6.48. The number of aliphatic carboxylic acids is 1. The van der Waals surface area contributed by atoms with Gasteiger partial charge in [-0.15, -0.1) is 0 Å². The van der Waals surface area contributed by atoms with Gasteiger partial charge in [-0.05, 0) is 30.5 Å². The molecule has 3 rings (SSSR count). The number of hydrogen-bond donors (Lipinski definition) is 1. The molecule has 0 bridgehead atoms. The smallest absolute Gasteiger partial charge is 0.326 e. The van der Waals surface area contributed by atoms with Crippen molar-refractivity contribution in [1.82, 2.24) is 9.88 Å². The van der Waals surface area contributed by atoms with Crippen LogP contribution < -0.4 is 4.74 Å². The summed E-state index contributed by atoms with van der Waals surface area (Å²) in [6.45, 7) is 4.20. The number of carboxylic acid groups (broad SMARTS) is 1. The quantitative estimate of drug-likeness (QED) is 0.893. The number of carbonyl (C=O) groups is 2. The maximum absolute atomic E-state index is 13.0. The van der Waals surface area contributed by atoms with Gasteiger partial charge in [-0.2, -0.15) is 0 Å². The number of rotatable bonds is 5. The Morgan fingerprint density at radius 1 is 1.31 bits per heavy atom. The van der Waals surface area contributed by atoms with Crippen molar-refractivity contribution in [3.05, 3.63) is 59.3 Å². The van der Waals surface area contributed by atoms with Crippen molar-refractivity contribution in [1.29, 1.82) is 0 Å². The number of hydrogen-bond acceptors (Lipinski definition) is 4. The lowest BCUT2D eigenvalue weighted by Crippen LogP contribution is -2.48. The highest BCUT2D eigenvalue weighted by Gasteiger charge is 2.35. The zero-order chi connectivity index (χ0) is 18.7. The van der Waals surface area contributed by atoms with Crippen LogP contribution in [-0.2, 0) is 17.8 Å². The fraction of sp³-hybridized carbons (Fsp3) is 0.350. The number of fused-ring (bicyclic) bond motifs is 1. The summed E-state index contributed by atoms with van der Waals surface area (Å²) in [5.74, 6) is -0.962. The summed E-state index contributed by atoms with van der Waals surface area (Å²) in [4.78, 5) is 30.3. The minimum atomic E-state index is -1.00. The Hall–Kier alpha value is -2.89. The Morgan fingerprint density at radius 2 is 2.04 bits per heavy atom. The summed E-state index contributed by atoms with van der Waals surface area (Å²) in [5, 5.41) is 9.60. The maximum Gasteiger partial charge on any atom is 0.326 e. The van der Waals surface area contributed by atoms with E-state index in [4.69, 9.17) is 4.74 Å². The zero-order valence-corrected chi connectivity index (χ0v) is 14.9. The van der Waals surface area contributed by atoms with Crippen molar-refractivity contribution < 1.29 is 19.4 Å². The molecule has 26 heavy (non-hydrogen) atoms. The van der Waals surface area contributed by atoms with Crippen molar-refractivity contribution in [3.8, 4) is 5.88 Å². The monoisotopic (exact) mass is 354 g/mol. The molecule has 6 nitrogen and oxygen atoms in total. The molecule has 0 aliphatic carbocycles. The van der Waals surface area contributed by atoms with Crippen molar-refractivity contribution in [2.24, 2.45) is 0 Å². The molecular formula is C20H22N2O4. The minimum Gasteiger partial charge on any atom is -0.480 e. The van der Waals surface area contributed by atoms with Crippen LogP contribution in [0.1, 0.15) is 41.8 Å². The van der Waals surface area contributed by atoms with E-state index < -0.39 is 12.0 Å². The first kappa shape index (κ1) is 17.9. The lowest BCUT2D eigenvalue weighted by atomic mass is 9.93. The highest BCUT2D eigenvalue weighted by Crippen LogP contribution is 2.26. The molecule has 0 saturated heterocycles. The van der Waals surface area contributed by atoms with E-state index in [-0.39, 0.29) is 18.6 Å². The van der Waals surface area contributed by atoms with E-state index in [1.165, 1.54) is 11.1 Å². The normalized spacial score (nSPS) is 17.3. The first-order chi connectivity index (χ1) is 12.5. The molecule has 1 amide bonds. The lowest BCUT2D eigenvalue weighted by Gasteiger charge is -2.34. The Bertz CT molecular complexity index is 821. The largest absolute Gasteiger partial charge is 0.480 e. The topological polar surface area (TPSA) is 79.7 Å². The van der Waals surface area contributed by atoms with Gasteiger partial charge >= 0.3 is 5.97 Å². The van der Waals surface area contributed by atoms with Crippen LogP contribution in [0.2, 0.25) is 0 Å². The average molecular weight is 354 g/mol. The number of pyridine rings is 1. The molecule has 2 aromatic rings. The van der Waals surface area contributed by atoms with Gasteiger partial charge < -0.3 is 14.7 Å². The number of amides is 1. The third kappa shape index (κ3) is 3.69. The van der Waals surface area contributed by atoms with Gasteiger partial charge in [0, 0.05) is 30.8 Å². The summed E-state index contributed by atoms with van der Waals surface area (Å²) in [5.41, 5.74) is 2.33. The SMILES string of the molecule is CCC(C)Oc1cc(C(=O)N2Cc3ccccc3CC2C(=O)O)ccn1. The molecule has 0 radical (unpaired) electrons. The molecule has 1 aliphatic heterocycles. The molecule has 1 aromatic carbocycles. The summed E-state index contributed by atoms with van der Waals surface area (Å²) < 4.78 is 5.67. The first-order valence-corrected chi connectivity index (χ1v) is 8.72. The molecule has 2 heterocycles. The molecule has 1 aliphatic rings. The number of ether oxygens (including phenoxy) is 1. The van der Waals surface area contributed by atoms with Crippen LogP contribution in [0.3, 0.4) is 0 Å². The van der Waals surface area contributed by atoms with Gasteiger partial charge in [-0.25, -0.2) is 9.78 Å². The molecule has 1 aromatic heterocycles. The van der Waals surface area contributed by atoms with Gasteiger partial charge in [0.15, 0.2) is 0 Å². The molecule has 0 spiro atoms. The van der Waals surface area contributed by atoms with E-state index >= 15 is 0 Å². The summed E-state index contributed by atoms with van der Waals surface area (Å²) >= 11 is 0. The van der Waals surface area contributed by atoms with Gasteiger partial charge in [-0.1, -0.05) is 31.2 Å². The predicted molar refractivity (Wildman–Crippen MR) is 96.1 cm³/mol. The average Bonchev–Trinajstić information content (AvgIpc) is 2.66. The minimum absolute atomic E-state index is 0.0125. The number of carboxylic acids is 1. The van der Waals surface area contributed by atoms with Crippen molar-refractivity contribution >= 4 is 11.9 Å². The fourth-order valence-electron chi connectivity index (χ4n) is 3.02. The molecule has 2 atom stereocenters. The molecule has 6 heteroatoms. The van der Waals surface area contributed by atoms with Crippen LogP contribution >= 0.6 is 0 Å². The number of benzene rings is 1. The third-order valence-corrected chi connectivity index (χ3v) is 4.67. The molecule has 1 N–H and O–H groups in total. The highest BCUT2D eigenvalue weighted by atomic mass is 16.5. The van der Waals surface area contributed by atoms with Crippen LogP contribution in [0.5, 0.6) is 5.88 Å². The van der Waals surface area contributed by atoms with Crippen molar-refractivity contribution in [2.45, 2.75) is 45.4 Å². The molecular weight excluding hydrogens is 332 g/mol. The molecule has 2 unspecified atom stereocenters. The van der Waals surface area contributed by atoms with E-state index in [2.05, 4.69) is 4.98 Å². The Morgan fingerprint density at radius 3 is 2.73 bits per heavy atom. The Balaban J connectivity index is 1.88. The summed E-state index contributed by atoms with van der Waals surface area (Å²) in [6, 6.07) is 9.91. The Kier molecular flexibility index (Phi) is 5.21. The lowest BCUT2D eigenvalue weighted by molar-refractivity contribution is -0.142. The fourth-order valence-corrected chi connectivity index (χ4v) is 3.02. The first-order valence-electron chi connectivity index (χ1n) is 8.72. The number of aromatic nitrogens is 1. The van der Waals surface area contributed by atoms with E-state index in [1.54, 1.807) is 12.1 Å². The van der Waals surface area contributed by atoms with E-state index in [1.807, 2.05) is 38.1 Å². The van der Waals surface area contributed by atoms with Gasteiger partial charge in [0.05, 0.1) is 6.10 Å². The van der Waals surface area contributed by atoms with Crippen molar-refractivity contribution in [3.63, 3.8) is 0 Å². The van der Waals surface area contributed by atoms with E-state index in [0.29, 0.717) is 17.9 Å². The van der Waals surface area contributed by atoms with E-state index in [9.17, 15) is 14.7 Å². The van der Waals surface area contributed by atoms with Gasteiger partial charge in [0.2, 0.25) is 5.88 Å². The van der Waals surface area contributed by atoms with Crippen LogP contribution in [0, 0.1) is 0 Å². The molecule has 0 fully saturated rings. The Labute approximate surface area is 152 Å². The van der Waals surface area contributed by atoms with Crippen LogP contribution in [0.4, 0.5) is 0 Å². The zero-order valence-electron chi connectivity index (χ0n) is 14.9. The summed E-state index contributed by atoms with van der Waals surface area (Å²) in [7, 11) is 0. The summed E-state index contributed by atoms with van der Waals surface area (Å²) in [6.07, 6.45) is 2.63. The number of carbonyl (C=O) groups excluding carboxylic acids is 1. The second kappa shape index (κ2) is 7.56. The van der Waals surface area contributed by atoms with Crippen LogP contribution in [0.15, 0.2) is 42.6 Å². The predicted octanol–water partition coefficient (Wildman–Crippen LogP) is 2.91. The van der Waals surface area contributed by atoms with Crippen LogP contribution in [-0.4, -0.2) is 39.0 Å². The standard InChI is InChI=1S/C20H22N2O4/c1-3-13(2)26-18-11-15(8-9-21-18)19(23)22-12-16-7-5-4-6-14(16)10-17(22)20(24)25/h4-9,11,13,17H,3,10,12H2,1-2H3,(H,24,25). The third-order valence-electron chi connectivity index (χ3n) is 4.67. The maximum atomic E-state index is 13.0. The van der Waals surface area contributed by atoms with Crippen molar-refractivity contribution in [2.75, 3.05) is 0 Å². The van der Waals surface area contributed by atoms with Gasteiger partial charge in [0.1, 0.15) is 6.04 Å². The van der Waals surface area contributed by atoms with E-state index in [0.717, 1.165) is 17.5 Å². The highest BCUT2D eigenvalue weighted by molar-refractivity contribution is 5.97. The van der Waals surface area contributed by atoms with Crippen LogP contribution in [0.25, 0.3) is 0 Å². The van der Waals surface area contributed by atoms with Gasteiger partial charge in [0.25, 0.3) is 5.91 Å². The molecule has 0 saturated carbocycles. The number of nitrogens with zero attached hydrogens (tertiary/aromatic N) is 2. The van der Waals surface area contributed by atoms with Gasteiger partial charge in [-0.3, -0.25) is 4.79 Å². The molecule has 136 valence electrons. The second-order valence-electron chi connectivity index (χ2n) is 6.48.